The Morgan fingerprint density at radius 1 is 1.35 bits per heavy atom. The van der Waals surface area contributed by atoms with E-state index in [1.807, 2.05) is 0 Å². The van der Waals surface area contributed by atoms with Gasteiger partial charge in [0.25, 0.3) is 0 Å². The number of rotatable bonds is 2. The minimum Gasteiger partial charge on any atom is -0.368 e. The number of piperazine rings is 1. The lowest BCUT2D eigenvalue weighted by molar-refractivity contribution is 0.234. The van der Waals surface area contributed by atoms with E-state index in [-0.39, 0.29) is 0 Å². The van der Waals surface area contributed by atoms with Crippen LogP contribution < -0.4 is 4.90 Å². The van der Waals surface area contributed by atoms with Crippen LogP contribution >= 0.6 is 15.9 Å². The van der Waals surface area contributed by atoms with Gasteiger partial charge in [-0.3, -0.25) is 0 Å². The van der Waals surface area contributed by atoms with Crippen molar-refractivity contribution in [1.29, 1.82) is 0 Å². The molecule has 2 rings (SSSR count). The molecule has 0 saturated carbocycles. The van der Waals surface area contributed by atoms with Crippen LogP contribution in [0.15, 0.2) is 18.2 Å². The fourth-order valence-electron chi connectivity index (χ4n) is 2.40. The summed E-state index contributed by atoms with van der Waals surface area (Å²) in [5, 5.41) is 0.935. The first-order chi connectivity index (χ1) is 8.11. The Balaban J connectivity index is 2.22. The maximum atomic E-state index is 3.60. The van der Waals surface area contributed by atoms with Gasteiger partial charge in [0.15, 0.2) is 0 Å². The monoisotopic (exact) mass is 296 g/mol. The maximum absolute atomic E-state index is 3.60. The number of likely N-dealkylation sites (N-methyl/N-ethyl adjacent to an activating group) is 1. The van der Waals surface area contributed by atoms with E-state index in [0.717, 1.165) is 25.0 Å². The van der Waals surface area contributed by atoms with Crippen molar-refractivity contribution in [2.75, 3.05) is 31.6 Å². The topological polar surface area (TPSA) is 6.48 Å². The first-order valence-corrected chi connectivity index (χ1v) is 7.34. The number of aryl methyl sites for hydroxylation is 1. The summed E-state index contributed by atoms with van der Waals surface area (Å²) in [6, 6.07) is 7.40. The van der Waals surface area contributed by atoms with E-state index in [4.69, 9.17) is 0 Å². The third-order valence-corrected chi connectivity index (χ3v) is 4.28. The van der Waals surface area contributed by atoms with Crippen LogP contribution in [0.2, 0.25) is 0 Å². The first kappa shape index (κ1) is 12.9. The Morgan fingerprint density at radius 3 is 2.76 bits per heavy atom. The quantitative estimate of drug-likeness (QED) is 0.774. The molecule has 0 spiro atoms. The van der Waals surface area contributed by atoms with Gasteiger partial charge in [0.1, 0.15) is 0 Å². The Bertz CT molecular complexity index is 392. The molecule has 0 bridgehead atoms. The summed E-state index contributed by atoms with van der Waals surface area (Å²) in [5.41, 5.74) is 4.14. The molecule has 2 nitrogen and oxygen atoms in total. The molecular weight excluding hydrogens is 276 g/mol. The molecule has 17 heavy (non-hydrogen) atoms. The number of halogens is 1. The summed E-state index contributed by atoms with van der Waals surface area (Å²) in [4.78, 5) is 4.94. The van der Waals surface area contributed by atoms with Gasteiger partial charge < -0.3 is 9.80 Å². The molecule has 1 fully saturated rings. The van der Waals surface area contributed by atoms with Crippen LogP contribution in [-0.4, -0.2) is 37.6 Å². The van der Waals surface area contributed by atoms with Gasteiger partial charge in [0.05, 0.1) is 0 Å². The number of nitrogens with zero attached hydrogens (tertiary/aromatic N) is 2. The van der Waals surface area contributed by atoms with Crippen molar-refractivity contribution in [3.8, 4) is 0 Å². The Kier molecular flexibility index (Phi) is 4.10. The summed E-state index contributed by atoms with van der Waals surface area (Å²) in [6.45, 7) is 7.86. The van der Waals surface area contributed by atoms with Crippen molar-refractivity contribution in [3.63, 3.8) is 0 Å². The predicted molar refractivity (Wildman–Crippen MR) is 78.1 cm³/mol. The molecule has 94 valence electrons. The number of alkyl halides is 1. The van der Waals surface area contributed by atoms with E-state index in [1.165, 1.54) is 16.8 Å². The second-order valence-corrected chi connectivity index (χ2v) is 5.60. The highest BCUT2D eigenvalue weighted by molar-refractivity contribution is 9.08. The lowest BCUT2D eigenvalue weighted by atomic mass is 10.1. The molecule has 3 heteroatoms. The number of hydrogen-bond donors (Lipinski definition) is 0. The average Bonchev–Trinajstić information content (AvgIpc) is 2.32. The van der Waals surface area contributed by atoms with E-state index in [1.54, 1.807) is 0 Å². The average molecular weight is 297 g/mol. The minimum absolute atomic E-state index is 0.633. The lowest BCUT2D eigenvalue weighted by Gasteiger charge is -2.39. The minimum atomic E-state index is 0.633. The zero-order chi connectivity index (χ0) is 12.4. The molecule has 1 aromatic carbocycles. The molecule has 0 aromatic heterocycles. The number of benzene rings is 1. The molecule has 0 amide bonds. The van der Waals surface area contributed by atoms with Gasteiger partial charge in [-0.15, -0.1) is 0 Å². The number of anilines is 1. The SMILES string of the molecule is Cc1ccc(N2CCN(C)C(C)C2)c(CBr)c1. The van der Waals surface area contributed by atoms with Crippen LogP contribution in [0.1, 0.15) is 18.1 Å². The van der Waals surface area contributed by atoms with Crippen LogP contribution in [0.5, 0.6) is 0 Å². The summed E-state index contributed by atoms with van der Waals surface area (Å²) in [7, 11) is 2.21. The second-order valence-electron chi connectivity index (χ2n) is 5.04. The largest absolute Gasteiger partial charge is 0.368 e. The van der Waals surface area contributed by atoms with Crippen LogP contribution in [0.4, 0.5) is 5.69 Å². The molecule has 1 aliphatic rings. The number of hydrogen-bond acceptors (Lipinski definition) is 2. The van der Waals surface area contributed by atoms with Crippen molar-refractivity contribution in [2.45, 2.75) is 25.2 Å². The van der Waals surface area contributed by atoms with Crippen molar-refractivity contribution in [3.05, 3.63) is 29.3 Å². The highest BCUT2D eigenvalue weighted by Gasteiger charge is 2.22. The molecule has 1 aliphatic heterocycles. The molecule has 1 saturated heterocycles. The van der Waals surface area contributed by atoms with Gasteiger partial charge in [-0.1, -0.05) is 33.6 Å². The molecular formula is C14H21BrN2. The van der Waals surface area contributed by atoms with E-state index in [0.29, 0.717) is 6.04 Å². The standard InChI is InChI=1S/C14H21BrN2/c1-11-4-5-14(13(8-11)9-15)17-7-6-16(3)12(2)10-17/h4-5,8,12H,6-7,9-10H2,1-3H3. The molecule has 1 unspecified atom stereocenters. The zero-order valence-electron chi connectivity index (χ0n) is 10.9. The zero-order valence-corrected chi connectivity index (χ0v) is 12.5. The molecule has 1 aromatic rings. The van der Waals surface area contributed by atoms with Gasteiger partial charge in [-0.2, -0.15) is 0 Å². The summed E-state index contributed by atoms with van der Waals surface area (Å²) in [6.07, 6.45) is 0. The Labute approximate surface area is 113 Å². The smallest absolute Gasteiger partial charge is 0.0408 e. The maximum Gasteiger partial charge on any atom is 0.0408 e. The highest BCUT2D eigenvalue weighted by atomic mass is 79.9. The van der Waals surface area contributed by atoms with Crippen molar-refractivity contribution in [2.24, 2.45) is 0 Å². The molecule has 0 aliphatic carbocycles. The Morgan fingerprint density at radius 2 is 2.12 bits per heavy atom. The summed E-state index contributed by atoms with van der Waals surface area (Å²) < 4.78 is 0. The van der Waals surface area contributed by atoms with E-state index < -0.39 is 0 Å². The van der Waals surface area contributed by atoms with Gasteiger partial charge in [0, 0.05) is 36.7 Å². The fraction of sp³-hybridized carbons (Fsp3) is 0.571. The van der Waals surface area contributed by atoms with Gasteiger partial charge in [0.2, 0.25) is 0 Å². The van der Waals surface area contributed by atoms with Crippen LogP contribution in [0.25, 0.3) is 0 Å². The van der Waals surface area contributed by atoms with Crippen LogP contribution in [0.3, 0.4) is 0 Å². The molecule has 0 N–H and O–H groups in total. The Hall–Kier alpha value is -0.540. The fourth-order valence-corrected chi connectivity index (χ4v) is 2.85. The highest BCUT2D eigenvalue weighted by Crippen LogP contribution is 2.26. The first-order valence-electron chi connectivity index (χ1n) is 6.22. The summed E-state index contributed by atoms with van der Waals surface area (Å²) >= 11 is 3.60. The predicted octanol–water partition coefficient (Wildman–Crippen LogP) is 3.03. The van der Waals surface area contributed by atoms with Crippen LogP contribution in [-0.2, 0) is 5.33 Å². The molecule has 0 radical (unpaired) electrons. The third kappa shape index (κ3) is 2.83. The second kappa shape index (κ2) is 5.40. The van der Waals surface area contributed by atoms with Crippen molar-refractivity contribution < 1.29 is 0 Å². The molecule has 1 heterocycles. The van der Waals surface area contributed by atoms with Crippen LogP contribution in [0, 0.1) is 6.92 Å². The van der Waals surface area contributed by atoms with E-state index in [9.17, 15) is 0 Å². The van der Waals surface area contributed by atoms with Gasteiger partial charge in [-0.05, 0) is 32.5 Å². The van der Waals surface area contributed by atoms with Crippen molar-refractivity contribution >= 4 is 21.6 Å². The van der Waals surface area contributed by atoms with Gasteiger partial charge in [-0.25, -0.2) is 0 Å². The van der Waals surface area contributed by atoms with Gasteiger partial charge >= 0.3 is 0 Å². The normalized spacial score (nSPS) is 21.9. The van der Waals surface area contributed by atoms with E-state index >= 15 is 0 Å². The summed E-state index contributed by atoms with van der Waals surface area (Å²) in [5.74, 6) is 0. The van der Waals surface area contributed by atoms with Crippen molar-refractivity contribution in [1.82, 2.24) is 4.90 Å². The lowest BCUT2D eigenvalue weighted by Crippen LogP contribution is -2.50. The molecule has 1 atom stereocenters. The van der Waals surface area contributed by atoms with E-state index in [2.05, 4.69) is 64.8 Å². The third-order valence-electron chi connectivity index (χ3n) is 3.68.